The smallest absolute Gasteiger partial charge is 0.263 e. The number of hydrogen-bond donors (Lipinski definition) is 1. The van der Waals surface area contributed by atoms with E-state index in [1.807, 2.05) is 20.0 Å². The lowest BCUT2D eigenvalue weighted by atomic mass is 10.2. The first-order valence-corrected chi connectivity index (χ1v) is 5.26. The van der Waals surface area contributed by atoms with Gasteiger partial charge in [0.15, 0.2) is 0 Å². The molecule has 16 heavy (non-hydrogen) atoms. The van der Waals surface area contributed by atoms with Crippen LogP contribution in [0.4, 0.5) is 0 Å². The van der Waals surface area contributed by atoms with Crippen LogP contribution in [0.25, 0.3) is 5.78 Å². The van der Waals surface area contributed by atoms with E-state index in [2.05, 4.69) is 15.3 Å². The highest BCUT2D eigenvalue weighted by Crippen LogP contribution is 2.10. The van der Waals surface area contributed by atoms with Gasteiger partial charge in [-0.1, -0.05) is 0 Å². The van der Waals surface area contributed by atoms with Crippen LogP contribution in [0.1, 0.15) is 22.5 Å². The summed E-state index contributed by atoms with van der Waals surface area (Å²) >= 11 is 0. The largest absolute Gasteiger partial charge is 0.307 e. The predicted molar refractivity (Wildman–Crippen MR) is 59.3 cm³/mol. The van der Waals surface area contributed by atoms with E-state index in [1.165, 1.54) is 4.40 Å². The monoisotopic (exact) mass is 216 g/mol. The summed E-state index contributed by atoms with van der Waals surface area (Å²) in [5.41, 5.74) is 3.52. The lowest BCUT2D eigenvalue weighted by Gasteiger charge is -2.05. The van der Waals surface area contributed by atoms with Crippen molar-refractivity contribution in [3.63, 3.8) is 0 Å². The Kier molecular flexibility index (Phi) is 1.85. The molecule has 0 saturated carbocycles. The fraction of sp³-hybridized carbons (Fsp3) is 0.364. The fourth-order valence-electron chi connectivity index (χ4n) is 1.95. The van der Waals surface area contributed by atoms with Gasteiger partial charge in [-0.3, -0.25) is 9.20 Å². The van der Waals surface area contributed by atoms with Crippen LogP contribution in [0.3, 0.4) is 0 Å². The Morgan fingerprint density at radius 3 is 2.94 bits per heavy atom. The number of rotatable bonds is 0. The highest BCUT2D eigenvalue weighted by atomic mass is 16.1. The third-order valence-corrected chi connectivity index (χ3v) is 3.03. The van der Waals surface area contributed by atoms with Crippen LogP contribution in [-0.4, -0.2) is 14.4 Å². The maximum Gasteiger partial charge on any atom is 0.263 e. The van der Waals surface area contributed by atoms with Crippen LogP contribution < -0.4 is 10.9 Å². The van der Waals surface area contributed by atoms with E-state index in [9.17, 15) is 4.79 Å². The van der Waals surface area contributed by atoms with Gasteiger partial charge in [0, 0.05) is 25.0 Å². The van der Waals surface area contributed by atoms with Gasteiger partial charge in [-0.05, 0) is 19.4 Å². The zero-order valence-corrected chi connectivity index (χ0v) is 9.24. The van der Waals surface area contributed by atoms with E-state index in [-0.39, 0.29) is 5.56 Å². The Hall–Kier alpha value is -1.75. The van der Waals surface area contributed by atoms with Crippen molar-refractivity contribution in [2.24, 2.45) is 0 Å². The maximum atomic E-state index is 12.1. The summed E-state index contributed by atoms with van der Waals surface area (Å²) in [6.07, 6.45) is 1.81. The average Bonchev–Trinajstić information content (AvgIpc) is 2.70. The van der Waals surface area contributed by atoms with Crippen LogP contribution >= 0.6 is 0 Å². The lowest BCUT2D eigenvalue weighted by Crippen LogP contribution is -2.21. The van der Waals surface area contributed by atoms with Crippen LogP contribution in [-0.2, 0) is 13.1 Å². The highest BCUT2D eigenvalue weighted by Gasteiger charge is 2.18. The van der Waals surface area contributed by atoms with Crippen molar-refractivity contribution in [2.45, 2.75) is 26.9 Å². The molecule has 0 aliphatic carbocycles. The number of nitrogens with one attached hydrogen (secondary N) is 1. The summed E-state index contributed by atoms with van der Waals surface area (Å²) in [5.74, 6) is 0.496. The van der Waals surface area contributed by atoms with Crippen molar-refractivity contribution < 1.29 is 0 Å². The summed E-state index contributed by atoms with van der Waals surface area (Å²) in [5, 5.41) is 3.13. The fourth-order valence-corrected chi connectivity index (χ4v) is 1.95. The van der Waals surface area contributed by atoms with E-state index in [0.29, 0.717) is 18.9 Å². The normalized spacial score (nSPS) is 14.4. The minimum absolute atomic E-state index is 0.000556. The number of aromatic nitrogens is 3. The van der Waals surface area contributed by atoms with Gasteiger partial charge in [0.2, 0.25) is 5.78 Å². The van der Waals surface area contributed by atoms with E-state index >= 15 is 0 Å². The van der Waals surface area contributed by atoms with Crippen LogP contribution in [0.5, 0.6) is 0 Å². The number of nitrogens with zero attached hydrogens (tertiary/aromatic N) is 3. The first kappa shape index (κ1) is 9.47. The van der Waals surface area contributed by atoms with Gasteiger partial charge in [0.1, 0.15) is 0 Å². The molecule has 0 radical (unpaired) electrons. The van der Waals surface area contributed by atoms with Gasteiger partial charge < -0.3 is 5.32 Å². The molecule has 1 aliphatic heterocycles. The van der Waals surface area contributed by atoms with Crippen molar-refractivity contribution in [3.8, 4) is 0 Å². The molecule has 3 heterocycles. The molecule has 0 unspecified atom stereocenters. The maximum absolute atomic E-state index is 12.1. The van der Waals surface area contributed by atoms with E-state index in [0.717, 1.165) is 22.5 Å². The molecular formula is C11H12N4O. The summed E-state index contributed by atoms with van der Waals surface area (Å²) in [4.78, 5) is 20.9. The van der Waals surface area contributed by atoms with Crippen LogP contribution in [0.2, 0.25) is 0 Å². The van der Waals surface area contributed by atoms with Gasteiger partial charge in [0.25, 0.3) is 5.56 Å². The third kappa shape index (κ3) is 1.18. The Morgan fingerprint density at radius 2 is 2.12 bits per heavy atom. The standard InChI is InChI=1S/C11H12N4O/c1-6-5-15-10(16)8-3-12-4-9(8)14-11(15)13-7(6)2/h5,12H,3-4H2,1-2H3. The van der Waals surface area contributed by atoms with Gasteiger partial charge in [-0.25, -0.2) is 9.97 Å². The van der Waals surface area contributed by atoms with Gasteiger partial charge in [-0.2, -0.15) is 0 Å². The predicted octanol–water partition coefficient (Wildman–Crippen LogP) is 0.310. The number of aryl methyl sites for hydroxylation is 2. The summed E-state index contributed by atoms with van der Waals surface area (Å²) in [7, 11) is 0. The zero-order valence-electron chi connectivity index (χ0n) is 9.24. The molecule has 0 amide bonds. The molecule has 5 heteroatoms. The van der Waals surface area contributed by atoms with E-state index in [4.69, 9.17) is 0 Å². The van der Waals surface area contributed by atoms with Crippen molar-refractivity contribution in [1.29, 1.82) is 0 Å². The third-order valence-electron chi connectivity index (χ3n) is 3.03. The molecular weight excluding hydrogens is 204 g/mol. The number of hydrogen-bond acceptors (Lipinski definition) is 4. The molecule has 0 fully saturated rings. The molecule has 0 spiro atoms. The molecule has 2 aromatic heterocycles. The molecule has 0 aromatic carbocycles. The Balaban J connectivity index is 2.46. The highest BCUT2D eigenvalue weighted by molar-refractivity contribution is 5.37. The minimum atomic E-state index is 0.000556. The van der Waals surface area contributed by atoms with Crippen LogP contribution in [0.15, 0.2) is 11.0 Å². The van der Waals surface area contributed by atoms with Crippen molar-refractivity contribution in [1.82, 2.24) is 19.7 Å². The first-order chi connectivity index (χ1) is 7.66. The molecule has 0 saturated heterocycles. The lowest BCUT2D eigenvalue weighted by molar-refractivity contribution is 0.757. The second kappa shape index (κ2) is 3.12. The zero-order chi connectivity index (χ0) is 11.3. The Morgan fingerprint density at radius 1 is 1.31 bits per heavy atom. The molecule has 0 atom stereocenters. The van der Waals surface area contributed by atoms with Gasteiger partial charge in [-0.15, -0.1) is 0 Å². The van der Waals surface area contributed by atoms with Crippen LogP contribution in [0, 0.1) is 13.8 Å². The molecule has 5 nitrogen and oxygen atoms in total. The summed E-state index contributed by atoms with van der Waals surface area (Å²) in [6, 6.07) is 0. The quantitative estimate of drug-likeness (QED) is 0.688. The van der Waals surface area contributed by atoms with Crippen molar-refractivity contribution in [3.05, 3.63) is 39.1 Å². The minimum Gasteiger partial charge on any atom is -0.307 e. The van der Waals surface area contributed by atoms with E-state index in [1.54, 1.807) is 0 Å². The molecule has 1 N–H and O–H groups in total. The first-order valence-electron chi connectivity index (χ1n) is 5.26. The second-order valence-corrected chi connectivity index (χ2v) is 4.13. The van der Waals surface area contributed by atoms with Gasteiger partial charge >= 0.3 is 0 Å². The van der Waals surface area contributed by atoms with Crippen molar-refractivity contribution in [2.75, 3.05) is 0 Å². The molecule has 82 valence electrons. The van der Waals surface area contributed by atoms with Gasteiger partial charge in [0.05, 0.1) is 11.3 Å². The molecule has 2 aromatic rings. The average molecular weight is 216 g/mol. The Labute approximate surface area is 92.2 Å². The molecule has 0 bridgehead atoms. The van der Waals surface area contributed by atoms with Crippen molar-refractivity contribution >= 4 is 5.78 Å². The SMILES string of the molecule is Cc1cn2c(=O)c3c(nc2nc1C)CNC3. The second-order valence-electron chi connectivity index (χ2n) is 4.13. The number of fused-ring (bicyclic) bond motifs is 2. The topological polar surface area (TPSA) is 59.3 Å². The summed E-state index contributed by atoms with van der Waals surface area (Å²) in [6.45, 7) is 5.14. The Bertz CT molecular complexity index is 644. The van der Waals surface area contributed by atoms with E-state index < -0.39 is 0 Å². The molecule has 3 rings (SSSR count). The summed E-state index contributed by atoms with van der Waals surface area (Å²) < 4.78 is 1.54. The molecule has 1 aliphatic rings.